The fraction of sp³-hybridized carbons (Fsp3) is 0.700. The number of methoxy groups -OCH3 is 1. The number of rotatable bonds is 2. The fourth-order valence-electron chi connectivity index (χ4n) is 1.93. The van der Waals surface area contributed by atoms with Gasteiger partial charge < -0.3 is 9.30 Å². The lowest BCUT2D eigenvalue weighted by atomic mass is 9.97. The molecule has 0 amide bonds. The summed E-state index contributed by atoms with van der Waals surface area (Å²) in [5.41, 5.74) is 2.50. The number of hydrogen-bond donors (Lipinski definition) is 0. The van der Waals surface area contributed by atoms with E-state index >= 15 is 0 Å². The van der Waals surface area contributed by atoms with E-state index in [0.717, 1.165) is 24.6 Å². The number of hydrogen-bond acceptors (Lipinski definition) is 2. The average Bonchev–Trinajstić information content (AvgIpc) is 2.49. The van der Waals surface area contributed by atoms with Crippen molar-refractivity contribution in [2.45, 2.75) is 32.9 Å². The first-order chi connectivity index (χ1) is 6.31. The van der Waals surface area contributed by atoms with Gasteiger partial charge in [-0.3, -0.25) is 0 Å². The third kappa shape index (κ3) is 1.61. The van der Waals surface area contributed by atoms with Crippen LogP contribution in [0.3, 0.4) is 0 Å². The van der Waals surface area contributed by atoms with Crippen molar-refractivity contribution < 1.29 is 4.74 Å². The molecule has 0 saturated heterocycles. The first-order valence-electron chi connectivity index (χ1n) is 4.83. The molecule has 1 atom stereocenters. The molecule has 0 N–H and O–H groups in total. The van der Waals surface area contributed by atoms with Crippen molar-refractivity contribution in [3.8, 4) is 0 Å². The first-order valence-corrected chi connectivity index (χ1v) is 4.83. The van der Waals surface area contributed by atoms with Gasteiger partial charge in [-0.15, -0.1) is 0 Å². The number of aryl methyl sites for hydroxylation is 1. The van der Waals surface area contributed by atoms with E-state index in [-0.39, 0.29) is 0 Å². The zero-order chi connectivity index (χ0) is 9.26. The SMILES string of the molecule is COCc1ncn2c1CC(C)CC2. The molecule has 1 aromatic heterocycles. The van der Waals surface area contributed by atoms with Crippen LogP contribution < -0.4 is 0 Å². The summed E-state index contributed by atoms with van der Waals surface area (Å²) < 4.78 is 7.37. The number of nitrogens with zero attached hydrogens (tertiary/aromatic N) is 2. The highest BCUT2D eigenvalue weighted by atomic mass is 16.5. The van der Waals surface area contributed by atoms with Crippen molar-refractivity contribution in [1.29, 1.82) is 0 Å². The molecule has 0 bridgehead atoms. The molecule has 1 unspecified atom stereocenters. The zero-order valence-corrected chi connectivity index (χ0v) is 8.29. The Morgan fingerprint density at radius 2 is 2.54 bits per heavy atom. The number of ether oxygens (including phenoxy) is 1. The highest BCUT2D eigenvalue weighted by molar-refractivity contribution is 5.14. The Bertz CT molecular complexity index is 293. The maximum atomic E-state index is 5.11. The molecule has 1 aliphatic heterocycles. The number of imidazole rings is 1. The Labute approximate surface area is 78.7 Å². The van der Waals surface area contributed by atoms with Gasteiger partial charge in [0.2, 0.25) is 0 Å². The summed E-state index contributed by atoms with van der Waals surface area (Å²) in [4.78, 5) is 4.36. The minimum atomic E-state index is 0.648. The summed E-state index contributed by atoms with van der Waals surface area (Å²) in [5, 5.41) is 0. The highest BCUT2D eigenvalue weighted by Crippen LogP contribution is 2.22. The summed E-state index contributed by atoms with van der Waals surface area (Å²) in [6, 6.07) is 0. The van der Waals surface area contributed by atoms with Crippen LogP contribution >= 0.6 is 0 Å². The molecular formula is C10H16N2O. The third-order valence-corrected chi connectivity index (χ3v) is 2.72. The van der Waals surface area contributed by atoms with Gasteiger partial charge in [-0.25, -0.2) is 4.98 Å². The molecule has 0 saturated carbocycles. The molecule has 2 heterocycles. The van der Waals surface area contributed by atoms with Crippen LogP contribution in [0.15, 0.2) is 6.33 Å². The molecule has 0 spiro atoms. The van der Waals surface area contributed by atoms with Crippen LogP contribution in [0.5, 0.6) is 0 Å². The predicted octanol–water partition coefficient (Wildman–Crippen LogP) is 1.61. The monoisotopic (exact) mass is 180 g/mol. The summed E-state index contributed by atoms with van der Waals surface area (Å²) in [6.07, 6.45) is 4.37. The molecule has 1 aliphatic rings. The second-order valence-electron chi connectivity index (χ2n) is 3.86. The van der Waals surface area contributed by atoms with E-state index in [1.165, 1.54) is 12.1 Å². The van der Waals surface area contributed by atoms with Crippen molar-refractivity contribution in [3.05, 3.63) is 17.7 Å². The van der Waals surface area contributed by atoms with Crippen molar-refractivity contribution in [3.63, 3.8) is 0 Å². The van der Waals surface area contributed by atoms with Crippen LogP contribution in [0.25, 0.3) is 0 Å². The van der Waals surface area contributed by atoms with Gasteiger partial charge in [-0.1, -0.05) is 6.92 Å². The maximum absolute atomic E-state index is 5.11. The largest absolute Gasteiger partial charge is 0.378 e. The second-order valence-corrected chi connectivity index (χ2v) is 3.86. The Kier molecular flexibility index (Phi) is 2.36. The third-order valence-electron chi connectivity index (χ3n) is 2.72. The smallest absolute Gasteiger partial charge is 0.0952 e. The Balaban J connectivity index is 2.25. The molecule has 1 aromatic rings. The van der Waals surface area contributed by atoms with Crippen molar-refractivity contribution in [2.24, 2.45) is 5.92 Å². The molecular weight excluding hydrogens is 164 g/mol. The van der Waals surface area contributed by atoms with Gasteiger partial charge in [0.15, 0.2) is 0 Å². The lowest BCUT2D eigenvalue weighted by molar-refractivity contribution is 0.180. The Morgan fingerprint density at radius 1 is 1.69 bits per heavy atom. The van der Waals surface area contributed by atoms with Crippen LogP contribution in [0.1, 0.15) is 24.7 Å². The van der Waals surface area contributed by atoms with E-state index < -0.39 is 0 Å². The molecule has 0 aliphatic carbocycles. The van der Waals surface area contributed by atoms with Crippen LogP contribution in [-0.4, -0.2) is 16.7 Å². The first kappa shape index (κ1) is 8.75. The molecule has 0 radical (unpaired) electrons. The van der Waals surface area contributed by atoms with Gasteiger partial charge in [0.05, 0.1) is 18.6 Å². The summed E-state index contributed by atoms with van der Waals surface area (Å²) >= 11 is 0. The van der Waals surface area contributed by atoms with Crippen molar-refractivity contribution in [2.75, 3.05) is 7.11 Å². The van der Waals surface area contributed by atoms with E-state index in [0.29, 0.717) is 6.61 Å². The molecule has 0 aromatic carbocycles. The molecule has 3 nitrogen and oxygen atoms in total. The van der Waals surface area contributed by atoms with Crippen molar-refractivity contribution in [1.82, 2.24) is 9.55 Å². The molecule has 2 rings (SSSR count). The highest BCUT2D eigenvalue weighted by Gasteiger charge is 2.18. The number of aromatic nitrogens is 2. The predicted molar refractivity (Wildman–Crippen MR) is 50.4 cm³/mol. The van der Waals surface area contributed by atoms with Gasteiger partial charge in [-0.05, 0) is 18.8 Å². The van der Waals surface area contributed by atoms with Gasteiger partial charge in [0.1, 0.15) is 0 Å². The van der Waals surface area contributed by atoms with Crippen LogP contribution in [0, 0.1) is 5.92 Å². The second kappa shape index (κ2) is 3.50. The summed E-state index contributed by atoms with van der Waals surface area (Å²) in [5.74, 6) is 0.791. The van der Waals surface area contributed by atoms with Gasteiger partial charge in [0, 0.05) is 19.3 Å². The van der Waals surface area contributed by atoms with E-state index in [4.69, 9.17) is 4.74 Å². The molecule has 0 fully saturated rings. The standard InChI is InChI=1S/C10H16N2O/c1-8-3-4-12-7-11-9(6-13-2)10(12)5-8/h7-8H,3-6H2,1-2H3. The molecule has 13 heavy (non-hydrogen) atoms. The Hall–Kier alpha value is -0.830. The van der Waals surface area contributed by atoms with Crippen LogP contribution in [0.2, 0.25) is 0 Å². The van der Waals surface area contributed by atoms with Crippen LogP contribution in [0.4, 0.5) is 0 Å². The quantitative estimate of drug-likeness (QED) is 0.691. The maximum Gasteiger partial charge on any atom is 0.0952 e. The fourth-order valence-corrected chi connectivity index (χ4v) is 1.93. The van der Waals surface area contributed by atoms with Gasteiger partial charge >= 0.3 is 0 Å². The van der Waals surface area contributed by atoms with E-state index in [9.17, 15) is 0 Å². The minimum absolute atomic E-state index is 0.648. The summed E-state index contributed by atoms with van der Waals surface area (Å²) in [7, 11) is 1.72. The zero-order valence-electron chi connectivity index (χ0n) is 8.29. The lowest BCUT2D eigenvalue weighted by Crippen LogP contribution is -2.17. The van der Waals surface area contributed by atoms with Gasteiger partial charge in [-0.2, -0.15) is 0 Å². The van der Waals surface area contributed by atoms with Crippen LogP contribution in [-0.2, 0) is 24.3 Å². The Morgan fingerprint density at radius 3 is 3.31 bits per heavy atom. The van der Waals surface area contributed by atoms with Crippen molar-refractivity contribution >= 4 is 0 Å². The van der Waals surface area contributed by atoms with Gasteiger partial charge in [0.25, 0.3) is 0 Å². The summed E-state index contributed by atoms with van der Waals surface area (Å²) in [6.45, 7) is 4.06. The topological polar surface area (TPSA) is 27.1 Å². The number of fused-ring (bicyclic) bond motifs is 1. The lowest BCUT2D eigenvalue weighted by Gasteiger charge is -2.21. The van der Waals surface area contributed by atoms with E-state index in [2.05, 4.69) is 16.5 Å². The normalized spacial score (nSPS) is 21.5. The average molecular weight is 180 g/mol. The minimum Gasteiger partial charge on any atom is -0.378 e. The molecule has 3 heteroatoms. The molecule has 72 valence electrons. The van der Waals surface area contributed by atoms with E-state index in [1.807, 2.05) is 6.33 Å². The van der Waals surface area contributed by atoms with E-state index in [1.54, 1.807) is 7.11 Å².